The Kier molecular flexibility index (Phi) is 9.15. The molecule has 0 amide bonds. The summed E-state index contributed by atoms with van der Waals surface area (Å²) < 4.78 is 7.90. The van der Waals surface area contributed by atoms with E-state index < -0.39 is 0 Å². The van der Waals surface area contributed by atoms with E-state index in [2.05, 4.69) is 73.4 Å². The van der Waals surface area contributed by atoms with Crippen LogP contribution in [0.5, 0.6) is 0 Å². The summed E-state index contributed by atoms with van der Waals surface area (Å²) in [4.78, 5) is 7.08. The summed E-state index contributed by atoms with van der Waals surface area (Å²) in [6.45, 7) is 6.65. The van der Waals surface area contributed by atoms with Crippen molar-refractivity contribution in [2.24, 2.45) is 4.99 Å². The summed E-state index contributed by atoms with van der Waals surface area (Å²) in [6, 6.07) is 10.7. The number of hydrogen-bond donors (Lipinski definition) is 2. The minimum absolute atomic E-state index is 0. The predicted octanol–water partition coefficient (Wildman–Crippen LogP) is 3.02. The van der Waals surface area contributed by atoms with E-state index in [1.165, 1.54) is 28.8 Å². The number of nitrogens with zero attached hydrogens (tertiary/aromatic N) is 3. The molecule has 2 N–H and O–H groups in total. The van der Waals surface area contributed by atoms with Crippen molar-refractivity contribution in [2.45, 2.75) is 24.9 Å². The van der Waals surface area contributed by atoms with Crippen molar-refractivity contribution in [3.63, 3.8) is 0 Å². The number of aryl methyl sites for hydroxylation is 1. The minimum Gasteiger partial charge on any atom is -0.379 e. The molecule has 3 heterocycles. The van der Waals surface area contributed by atoms with Crippen molar-refractivity contribution in [1.29, 1.82) is 0 Å². The van der Waals surface area contributed by atoms with Gasteiger partial charge in [-0.25, -0.2) is 0 Å². The van der Waals surface area contributed by atoms with Crippen molar-refractivity contribution in [2.75, 3.05) is 57.9 Å². The molecule has 2 aliphatic rings. The number of para-hydroxylation sites is 1. The third-order valence-electron chi connectivity index (χ3n) is 6.12. The molecule has 0 spiro atoms. The van der Waals surface area contributed by atoms with Crippen molar-refractivity contribution in [3.8, 4) is 0 Å². The molecule has 8 heteroatoms. The molecule has 30 heavy (non-hydrogen) atoms. The molecule has 0 radical (unpaired) electrons. The molecule has 1 unspecified atom stereocenters. The van der Waals surface area contributed by atoms with Gasteiger partial charge in [-0.3, -0.25) is 9.89 Å². The molecule has 0 aliphatic carbocycles. The second-order valence-corrected chi connectivity index (χ2v) is 9.01. The van der Waals surface area contributed by atoms with Gasteiger partial charge in [0.1, 0.15) is 0 Å². The predicted molar refractivity (Wildman–Crippen MR) is 138 cm³/mol. The van der Waals surface area contributed by atoms with Crippen LogP contribution in [0.2, 0.25) is 0 Å². The van der Waals surface area contributed by atoms with Gasteiger partial charge in [-0.1, -0.05) is 18.2 Å². The van der Waals surface area contributed by atoms with Gasteiger partial charge in [0.05, 0.1) is 13.2 Å². The fourth-order valence-electron chi connectivity index (χ4n) is 4.40. The zero-order chi connectivity index (χ0) is 19.9. The van der Waals surface area contributed by atoms with E-state index in [9.17, 15) is 0 Å². The number of nitrogens with one attached hydrogen (secondary N) is 2. The first-order valence-electron chi connectivity index (χ1n) is 10.7. The quantitative estimate of drug-likeness (QED) is 0.244. The molecule has 1 atom stereocenters. The highest BCUT2D eigenvalue weighted by Gasteiger charge is 2.40. The summed E-state index contributed by atoms with van der Waals surface area (Å²) in [5, 5.41) is 8.41. The highest BCUT2D eigenvalue weighted by Crippen LogP contribution is 2.33. The number of fused-ring (bicyclic) bond motifs is 1. The van der Waals surface area contributed by atoms with Gasteiger partial charge >= 0.3 is 0 Å². The van der Waals surface area contributed by atoms with Gasteiger partial charge in [-0.05, 0) is 36.1 Å². The zero-order valence-corrected chi connectivity index (χ0v) is 21.0. The zero-order valence-electron chi connectivity index (χ0n) is 17.8. The van der Waals surface area contributed by atoms with Gasteiger partial charge in [0.2, 0.25) is 0 Å². The molecule has 0 bridgehead atoms. The molecular weight excluding hydrogens is 509 g/mol. The lowest BCUT2D eigenvalue weighted by Crippen LogP contribution is -2.60. The molecule has 4 rings (SSSR count). The van der Waals surface area contributed by atoms with E-state index in [0.717, 1.165) is 58.3 Å². The number of rotatable bonds is 7. The van der Waals surface area contributed by atoms with Gasteiger partial charge in [0.15, 0.2) is 5.96 Å². The van der Waals surface area contributed by atoms with Crippen molar-refractivity contribution in [3.05, 3.63) is 36.5 Å². The third-order valence-corrected chi connectivity index (χ3v) is 7.36. The summed E-state index contributed by atoms with van der Waals surface area (Å²) in [5.41, 5.74) is 1.54. The van der Waals surface area contributed by atoms with Crippen molar-refractivity contribution >= 4 is 52.6 Å². The molecule has 2 saturated heterocycles. The second-order valence-electron chi connectivity index (χ2n) is 7.90. The number of ether oxygens (including phenoxy) is 1. The number of halogens is 1. The molecule has 1 aromatic carbocycles. The maximum atomic E-state index is 5.57. The van der Waals surface area contributed by atoms with E-state index in [4.69, 9.17) is 4.74 Å². The fourth-order valence-corrected chi connectivity index (χ4v) is 5.87. The Balaban J connectivity index is 0.00000256. The molecule has 0 saturated carbocycles. The second kappa shape index (κ2) is 11.6. The van der Waals surface area contributed by atoms with Gasteiger partial charge in [0, 0.05) is 62.8 Å². The topological polar surface area (TPSA) is 53.8 Å². The molecule has 6 nitrogen and oxygen atoms in total. The molecule has 2 fully saturated rings. The molecular formula is C22H34IN5OS. The summed E-state index contributed by atoms with van der Waals surface area (Å²) in [6.07, 6.45) is 4.48. The average molecular weight is 544 g/mol. The number of hydrogen-bond acceptors (Lipinski definition) is 4. The van der Waals surface area contributed by atoms with Crippen LogP contribution >= 0.6 is 35.7 Å². The van der Waals surface area contributed by atoms with E-state index in [1.54, 1.807) is 0 Å². The first-order chi connectivity index (χ1) is 14.3. The Hall–Kier alpha value is -0.970. The highest BCUT2D eigenvalue weighted by atomic mass is 127. The first kappa shape index (κ1) is 23.7. The average Bonchev–Trinajstić information content (AvgIpc) is 3.42. The van der Waals surface area contributed by atoms with Crippen molar-refractivity contribution in [1.82, 2.24) is 20.1 Å². The Bertz CT molecular complexity index is 815. The van der Waals surface area contributed by atoms with Crippen LogP contribution in [0.4, 0.5) is 0 Å². The maximum Gasteiger partial charge on any atom is 0.191 e. The number of benzene rings is 1. The highest BCUT2D eigenvalue weighted by molar-refractivity contribution is 14.0. The van der Waals surface area contributed by atoms with Crippen LogP contribution in [-0.2, 0) is 11.3 Å². The minimum atomic E-state index is 0. The number of guanidine groups is 1. The summed E-state index contributed by atoms with van der Waals surface area (Å²) in [7, 11) is 1.86. The van der Waals surface area contributed by atoms with Crippen LogP contribution < -0.4 is 10.6 Å². The number of morpholine rings is 1. The van der Waals surface area contributed by atoms with Gasteiger partial charge in [0.25, 0.3) is 0 Å². The van der Waals surface area contributed by atoms with Gasteiger partial charge in [-0.15, -0.1) is 24.0 Å². The third kappa shape index (κ3) is 5.63. The normalized spacial score (nSPS) is 22.8. The van der Waals surface area contributed by atoms with Crippen LogP contribution in [0.25, 0.3) is 10.9 Å². The van der Waals surface area contributed by atoms with Crippen LogP contribution in [0.3, 0.4) is 0 Å². The standard InChI is InChI=1S/C22H33N5OS.HI/c1-23-21(24-9-4-10-26-11-7-19-5-2-3-6-20(19)26)25-17-22(8-16-29-18-22)27-12-14-28-15-13-27;/h2-3,5-7,11H,4,8-10,12-18H2,1H3,(H2,23,24,25);1H. The van der Waals surface area contributed by atoms with Crippen LogP contribution in [0.15, 0.2) is 41.5 Å². The number of aromatic nitrogens is 1. The first-order valence-corrected chi connectivity index (χ1v) is 11.9. The lowest BCUT2D eigenvalue weighted by Gasteiger charge is -2.43. The van der Waals surface area contributed by atoms with Crippen LogP contribution in [0.1, 0.15) is 12.8 Å². The lowest BCUT2D eigenvalue weighted by atomic mass is 9.95. The molecule has 1 aromatic heterocycles. The Morgan fingerprint density at radius 3 is 2.80 bits per heavy atom. The SMILES string of the molecule is CN=C(NCCCn1ccc2ccccc21)NCC1(N2CCOCC2)CCSC1.I. The Morgan fingerprint density at radius 1 is 1.20 bits per heavy atom. The lowest BCUT2D eigenvalue weighted by molar-refractivity contribution is -0.0120. The van der Waals surface area contributed by atoms with Crippen molar-refractivity contribution < 1.29 is 4.74 Å². The largest absolute Gasteiger partial charge is 0.379 e. The summed E-state index contributed by atoms with van der Waals surface area (Å²) >= 11 is 2.07. The number of thioether (sulfide) groups is 1. The van der Waals surface area contributed by atoms with E-state index in [0.29, 0.717) is 0 Å². The van der Waals surface area contributed by atoms with Gasteiger partial charge in [-0.2, -0.15) is 11.8 Å². The summed E-state index contributed by atoms with van der Waals surface area (Å²) in [5.74, 6) is 3.35. The Morgan fingerprint density at radius 2 is 2.03 bits per heavy atom. The van der Waals surface area contributed by atoms with E-state index in [-0.39, 0.29) is 29.5 Å². The van der Waals surface area contributed by atoms with Crippen LogP contribution in [0, 0.1) is 0 Å². The van der Waals surface area contributed by atoms with E-state index >= 15 is 0 Å². The van der Waals surface area contributed by atoms with E-state index in [1.807, 2.05) is 7.05 Å². The molecule has 2 aliphatic heterocycles. The maximum absolute atomic E-state index is 5.57. The Labute approximate surface area is 201 Å². The smallest absolute Gasteiger partial charge is 0.191 e. The fraction of sp³-hybridized carbons (Fsp3) is 0.591. The molecule has 166 valence electrons. The molecule has 2 aromatic rings. The van der Waals surface area contributed by atoms with Crippen LogP contribution in [-0.4, -0.2) is 78.9 Å². The monoisotopic (exact) mass is 543 g/mol. The number of aliphatic imine (C=N–C) groups is 1. The van der Waals surface area contributed by atoms with Gasteiger partial charge < -0.3 is 19.9 Å².